The number of rotatable bonds is 8. The number of thiazole rings is 1. The number of anilines is 1. The molecule has 0 unspecified atom stereocenters. The average molecular weight is 364 g/mol. The fraction of sp³-hybridized carbons (Fsp3) is 0.312. The van der Waals surface area contributed by atoms with Crippen LogP contribution in [-0.2, 0) is 16.1 Å². The Morgan fingerprint density at radius 1 is 1.32 bits per heavy atom. The molecule has 0 fully saturated rings. The number of hydrogen-bond acceptors (Lipinski definition) is 7. The second-order valence-electron chi connectivity index (χ2n) is 4.95. The van der Waals surface area contributed by atoms with Crippen LogP contribution < -0.4 is 25.4 Å². The maximum Gasteiger partial charge on any atom is 0.248 e. The third-order valence-corrected chi connectivity index (χ3v) is 4.19. The molecule has 0 aliphatic rings. The summed E-state index contributed by atoms with van der Waals surface area (Å²) < 4.78 is 10.6. The van der Waals surface area contributed by atoms with Gasteiger partial charge in [-0.2, -0.15) is 0 Å². The number of benzene rings is 1. The topological polar surface area (TPSA) is 107 Å². The van der Waals surface area contributed by atoms with Gasteiger partial charge in [-0.15, -0.1) is 11.3 Å². The summed E-state index contributed by atoms with van der Waals surface area (Å²) in [5, 5.41) is 4.79. The molecule has 8 nitrogen and oxygen atoms in total. The predicted molar refractivity (Wildman–Crippen MR) is 94.9 cm³/mol. The van der Waals surface area contributed by atoms with Gasteiger partial charge < -0.3 is 20.5 Å². The van der Waals surface area contributed by atoms with Gasteiger partial charge in [-0.1, -0.05) is 0 Å². The predicted octanol–water partition coefficient (Wildman–Crippen LogP) is 0.768. The van der Waals surface area contributed by atoms with E-state index in [2.05, 4.69) is 10.3 Å². The SMILES string of the molecule is COc1ccc(CN(C(=O)CNC(=O)CN)c2nccs2)c(OC)c1. The second kappa shape index (κ2) is 9.00. The van der Waals surface area contributed by atoms with Gasteiger partial charge in [0.05, 0.1) is 33.9 Å². The van der Waals surface area contributed by atoms with E-state index >= 15 is 0 Å². The first kappa shape index (κ1) is 18.7. The van der Waals surface area contributed by atoms with Crippen LogP contribution in [0.2, 0.25) is 0 Å². The van der Waals surface area contributed by atoms with Crippen LogP contribution in [0.4, 0.5) is 5.13 Å². The molecule has 0 saturated heterocycles. The van der Waals surface area contributed by atoms with Gasteiger partial charge in [0.15, 0.2) is 5.13 Å². The van der Waals surface area contributed by atoms with Crippen molar-refractivity contribution in [2.24, 2.45) is 5.73 Å². The second-order valence-corrected chi connectivity index (χ2v) is 5.83. The zero-order valence-corrected chi connectivity index (χ0v) is 14.8. The molecule has 0 spiro atoms. The van der Waals surface area contributed by atoms with E-state index in [1.807, 2.05) is 6.07 Å². The number of aromatic nitrogens is 1. The van der Waals surface area contributed by atoms with Gasteiger partial charge in [-0.3, -0.25) is 14.5 Å². The number of hydrogen-bond donors (Lipinski definition) is 2. The zero-order valence-electron chi connectivity index (χ0n) is 14.0. The molecule has 0 radical (unpaired) electrons. The lowest BCUT2D eigenvalue weighted by Crippen LogP contribution is -2.41. The lowest BCUT2D eigenvalue weighted by molar-refractivity contribution is -0.124. The minimum atomic E-state index is -0.394. The molecule has 1 heterocycles. The molecule has 2 rings (SSSR count). The van der Waals surface area contributed by atoms with Crippen molar-refractivity contribution < 1.29 is 19.1 Å². The van der Waals surface area contributed by atoms with Crippen molar-refractivity contribution in [1.82, 2.24) is 10.3 Å². The number of carbonyl (C=O) groups excluding carboxylic acids is 2. The van der Waals surface area contributed by atoms with Gasteiger partial charge in [0.25, 0.3) is 0 Å². The summed E-state index contributed by atoms with van der Waals surface area (Å²) in [4.78, 5) is 29.5. The molecular formula is C16H20N4O4S. The highest BCUT2D eigenvalue weighted by atomic mass is 32.1. The average Bonchev–Trinajstić information content (AvgIpc) is 3.18. The number of amides is 2. The molecule has 0 aliphatic heterocycles. The van der Waals surface area contributed by atoms with Crippen molar-refractivity contribution in [3.63, 3.8) is 0 Å². The molecule has 0 bridgehead atoms. The van der Waals surface area contributed by atoms with Crippen LogP contribution in [0.5, 0.6) is 11.5 Å². The Kier molecular flexibility index (Phi) is 6.72. The van der Waals surface area contributed by atoms with Crippen molar-refractivity contribution in [2.75, 3.05) is 32.2 Å². The molecule has 1 aromatic carbocycles. The summed E-state index contributed by atoms with van der Waals surface area (Å²) in [6.07, 6.45) is 1.62. The molecule has 0 saturated carbocycles. The monoisotopic (exact) mass is 364 g/mol. The summed E-state index contributed by atoms with van der Waals surface area (Å²) in [6.45, 7) is -0.0804. The molecule has 134 valence electrons. The van der Waals surface area contributed by atoms with Crippen LogP contribution in [0.15, 0.2) is 29.8 Å². The summed E-state index contributed by atoms with van der Waals surface area (Å²) in [5.74, 6) is 0.562. The Morgan fingerprint density at radius 3 is 2.72 bits per heavy atom. The van der Waals surface area contributed by atoms with Crippen molar-refractivity contribution in [1.29, 1.82) is 0 Å². The van der Waals surface area contributed by atoms with Gasteiger partial charge in [0.1, 0.15) is 11.5 Å². The highest BCUT2D eigenvalue weighted by molar-refractivity contribution is 7.13. The first-order chi connectivity index (χ1) is 12.1. The fourth-order valence-electron chi connectivity index (χ4n) is 2.11. The molecular weight excluding hydrogens is 344 g/mol. The van der Waals surface area contributed by atoms with Gasteiger partial charge in [0, 0.05) is 23.2 Å². The largest absolute Gasteiger partial charge is 0.497 e. The molecule has 25 heavy (non-hydrogen) atoms. The highest BCUT2D eigenvalue weighted by Crippen LogP contribution is 2.28. The Morgan fingerprint density at radius 2 is 2.12 bits per heavy atom. The van der Waals surface area contributed by atoms with E-state index in [-0.39, 0.29) is 25.5 Å². The van der Waals surface area contributed by atoms with E-state index in [1.165, 1.54) is 16.2 Å². The standard InChI is InChI=1S/C16H20N4O4S/c1-23-12-4-3-11(13(7-12)24-2)10-20(16-18-5-6-25-16)15(22)9-19-14(21)8-17/h3-7H,8-10,17H2,1-2H3,(H,19,21). The van der Waals surface area contributed by atoms with E-state index in [1.54, 1.807) is 37.9 Å². The number of nitrogens with one attached hydrogen (secondary N) is 1. The lowest BCUT2D eigenvalue weighted by atomic mass is 10.1. The van der Waals surface area contributed by atoms with Crippen molar-refractivity contribution in [2.45, 2.75) is 6.54 Å². The van der Waals surface area contributed by atoms with Crippen molar-refractivity contribution in [3.8, 4) is 11.5 Å². The van der Waals surface area contributed by atoms with E-state index in [9.17, 15) is 9.59 Å². The fourth-order valence-corrected chi connectivity index (χ4v) is 2.77. The van der Waals surface area contributed by atoms with Gasteiger partial charge in [0.2, 0.25) is 11.8 Å². The van der Waals surface area contributed by atoms with Gasteiger partial charge in [-0.25, -0.2) is 4.98 Å². The Labute approximate surface area is 149 Å². The Hall–Kier alpha value is -2.65. The first-order valence-corrected chi connectivity index (χ1v) is 8.34. The zero-order chi connectivity index (χ0) is 18.2. The van der Waals surface area contributed by atoms with Crippen LogP contribution in [0.3, 0.4) is 0 Å². The molecule has 3 N–H and O–H groups in total. The highest BCUT2D eigenvalue weighted by Gasteiger charge is 2.20. The minimum Gasteiger partial charge on any atom is -0.497 e. The molecule has 1 aromatic heterocycles. The van der Waals surface area contributed by atoms with E-state index in [0.29, 0.717) is 16.6 Å². The smallest absolute Gasteiger partial charge is 0.248 e. The first-order valence-electron chi connectivity index (χ1n) is 7.46. The Bertz CT molecular complexity index is 721. The lowest BCUT2D eigenvalue weighted by Gasteiger charge is -2.21. The number of nitrogens with two attached hydrogens (primary N) is 1. The maximum absolute atomic E-state index is 12.6. The Balaban J connectivity index is 2.22. The minimum absolute atomic E-state index is 0.159. The van der Waals surface area contributed by atoms with Crippen LogP contribution in [0, 0.1) is 0 Å². The van der Waals surface area contributed by atoms with Crippen LogP contribution >= 0.6 is 11.3 Å². The summed E-state index contributed by atoms with van der Waals surface area (Å²) in [5.41, 5.74) is 6.03. The number of carbonyl (C=O) groups is 2. The maximum atomic E-state index is 12.6. The third-order valence-electron chi connectivity index (χ3n) is 3.40. The van der Waals surface area contributed by atoms with Crippen LogP contribution in [0.1, 0.15) is 5.56 Å². The summed E-state index contributed by atoms with van der Waals surface area (Å²) in [7, 11) is 3.12. The summed E-state index contributed by atoms with van der Waals surface area (Å²) >= 11 is 1.33. The molecule has 9 heteroatoms. The number of ether oxygens (including phenoxy) is 2. The normalized spacial score (nSPS) is 10.2. The number of methoxy groups -OCH3 is 2. The van der Waals surface area contributed by atoms with Crippen molar-refractivity contribution >= 4 is 28.3 Å². The van der Waals surface area contributed by atoms with Gasteiger partial charge >= 0.3 is 0 Å². The van der Waals surface area contributed by atoms with E-state index in [0.717, 1.165) is 5.56 Å². The molecule has 2 amide bonds. The van der Waals surface area contributed by atoms with E-state index in [4.69, 9.17) is 15.2 Å². The van der Waals surface area contributed by atoms with Gasteiger partial charge in [-0.05, 0) is 12.1 Å². The quantitative estimate of drug-likeness (QED) is 0.716. The number of nitrogens with zero attached hydrogens (tertiary/aromatic N) is 2. The van der Waals surface area contributed by atoms with E-state index < -0.39 is 5.91 Å². The third kappa shape index (κ3) is 4.91. The molecule has 2 aromatic rings. The van der Waals surface area contributed by atoms with Crippen molar-refractivity contribution in [3.05, 3.63) is 35.3 Å². The van der Waals surface area contributed by atoms with Crippen LogP contribution in [0.25, 0.3) is 0 Å². The van der Waals surface area contributed by atoms with Crippen LogP contribution in [-0.4, -0.2) is 44.1 Å². The molecule has 0 atom stereocenters. The summed E-state index contributed by atoms with van der Waals surface area (Å²) in [6, 6.07) is 5.36. The molecule has 0 aliphatic carbocycles.